The van der Waals surface area contributed by atoms with Crippen molar-refractivity contribution in [3.63, 3.8) is 0 Å². The van der Waals surface area contributed by atoms with Gasteiger partial charge in [-0.3, -0.25) is 0 Å². The Kier molecular flexibility index (Phi) is 7.92. The van der Waals surface area contributed by atoms with Gasteiger partial charge in [0.15, 0.2) is 0 Å². The molecule has 2 amide bonds. The molecule has 0 radical (unpaired) electrons. The van der Waals surface area contributed by atoms with Crippen molar-refractivity contribution in [3.05, 3.63) is 0 Å². The van der Waals surface area contributed by atoms with Crippen molar-refractivity contribution >= 4 is 16.1 Å². The van der Waals surface area contributed by atoms with Crippen LogP contribution in [0, 0.1) is 0 Å². The van der Waals surface area contributed by atoms with Gasteiger partial charge >= 0.3 is 6.03 Å². The molecule has 0 bridgehead atoms. The van der Waals surface area contributed by atoms with Crippen LogP contribution in [0.2, 0.25) is 0 Å². The number of ether oxygens (including phenoxy) is 1. The Hall–Kier alpha value is -0.900. The molecule has 8 nitrogen and oxygen atoms in total. The number of nitrogens with one attached hydrogen (secondary N) is 1. The molecule has 0 saturated carbocycles. The second-order valence-electron chi connectivity index (χ2n) is 6.89. The largest absolute Gasteiger partial charge is 0.383 e. The van der Waals surface area contributed by atoms with Gasteiger partial charge in [0, 0.05) is 39.3 Å². The molecule has 2 fully saturated rings. The third kappa shape index (κ3) is 6.40. The zero-order valence-electron chi connectivity index (χ0n) is 15.4. The maximum absolute atomic E-state index is 12.2. The second-order valence-corrected chi connectivity index (χ2v) is 8.82. The van der Waals surface area contributed by atoms with Gasteiger partial charge in [-0.25, -0.2) is 13.2 Å². The number of carbonyl (C=O) groups excluding carboxylic acids is 1. The lowest BCUT2D eigenvalue weighted by Crippen LogP contribution is -2.45. The van der Waals surface area contributed by atoms with Gasteiger partial charge in [0.2, 0.25) is 10.0 Å². The van der Waals surface area contributed by atoms with E-state index in [4.69, 9.17) is 4.74 Å². The van der Waals surface area contributed by atoms with Crippen molar-refractivity contribution in [2.75, 3.05) is 65.8 Å². The van der Waals surface area contributed by atoms with Crippen molar-refractivity contribution in [2.45, 2.75) is 31.7 Å². The highest BCUT2D eigenvalue weighted by Crippen LogP contribution is 2.19. The summed E-state index contributed by atoms with van der Waals surface area (Å²) in [6.07, 6.45) is 5.28. The van der Waals surface area contributed by atoms with Crippen LogP contribution in [0.3, 0.4) is 0 Å². The number of likely N-dealkylation sites (tertiary alicyclic amines) is 2. The Morgan fingerprint density at radius 3 is 2.64 bits per heavy atom. The van der Waals surface area contributed by atoms with Gasteiger partial charge in [0.25, 0.3) is 0 Å². The third-order valence-corrected chi connectivity index (χ3v) is 6.25. The van der Waals surface area contributed by atoms with Crippen LogP contribution in [0.25, 0.3) is 0 Å². The fourth-order valence-electron chi connectivity index (χ4n) is 3.61. The van der Waals surface area contributed by atoms with Gasteiger partial charge in [-0.15, -0.1) is 0 Å². The summed E-state index contributed by atoms with van der Waals surface area (Å²) in [6.45, 7) is 5.68. The first kappa shape index (κ1) is 20.4. The topological polar surface area (TPSA) is 82.2 Å². The Morgan fingerprint density at radius 2 is 2.00 bits per heavy atom. The first-order valence-electron chi connectivity index (χ1n) is 9.12. The first-order chi connectivity index (χ1) is 11.9. The van der Waals surface area contributed by atoms with Crippen LogP contribution in [0.1, 0.15) is 25.7 Å². The lowest BCUT2D eigenvalue weighted by Gasteiger charge is -2.27. The van der Waals surface area contributed by atoms with E-state index in [1.807, 2.05) is 0 Å². The van der Waals surface area contributed by atoms with Crippen LogP contribution in [0.15, 0.2) is 0 Å². The fraction of sp³-hybridized carbons (Fsp3) is 0.938. The molecule has 1 unspecified atom stereocenters. The number of hydrogen-bond acceptors (Lipinski definition) is 5. The number of rotatable bonds is 9. The molecule has 0 aromatic rings. The van der Waals surface area contributed by atoms with E-state index in [0.29, 0.717) is 39.2 Å². The van der Waals surface area contributed by atoms with Crippen molar-refractivity contribution in [1.29, 1.82) is 0 Å². The number of urea groups is 1. The van der Waals surface area contributed by atoms with E-state index in [1.165, 1.54) is 19.1 Å². The predicted molar refractivity (Wildman–Crippen MR) is 97.1 cm³/mol. The lowest BCUT2D eigenvalue weighted by molar-refractivity contribution is 0.183. The molecule has 0 aromatic carbocycles. The molecule has 0 spiro atoms. The third-order valence-electron chi connectivity index (χ3n) is 4.92. The fourth-order valence-corrected chi connectivity index (χ4v) is 4.78. The van der Waals surface area contributed by atoms with Gasteiger partial charge in [0.1, 0.15) is 0 Å². The molecule has 2 aliphatic rings. The van der Waals surface area contributed by atoms with Gasteiger partial charge in [-0.1, -0.05) is 0 Å². The van der Waals surface area contributed by atoms with Gasteiger partial charge in [0.05, 0.1) is 12.9 Å². The molecule has 2 heterocycles. The minimum atomic E-state index is -3.28. The molecular formula is C16H32N4O4S. The molecule has 9 heteroatoms. The summed E-state index contributed by atoms with van der Waals surface area (Å²) in [7, 11) is -1.69. The number of carbonyl (C=O) groups is 1. The smallest absolute Gasteiger partial charge is 0.317 e. The standard InChI is InChI=1S/C16H32N4O4S/c1-24-13-7-17-16(21)19-12-6-15(14-19)20(25(2,22)23)11-5-10-18-8-3-4-9-18/h15H,3-14H2,1-2H3,(H,17,21). The zero-order chi connectivity index (χ0) is 18.3. The normalized spacial score (nSPS) is 22.0. The molecule has 25 heavy (non-hydrogen) atoms. The maximum Gasteiger partial charge on any atom is 0.317 e. The highest BCUT2D eigenvalue weighted by atomic mass is 32.2. The molecule has 0 aromatic heterocycles. The van der Waals surface area contributed by atoms with Crippen molar-refractivity contribution in [3.8, 4) is 0 Å². The number of methoxy groups -OCH3 is 1. The van der Waals surface area contributed by atoms with Crippen LogP contribution in [-0.4, -0.2) is 100 Å². The minimum absolute atomic E-state index is 0.123. The summed E-state index contributed by atoms with van der Waals surface area (Å²) in [5.41, 5.74) is 0. The van der Waals surface area contributed by atoms with Crippen LogP contribution < -0.4 is 5.32 Å². The van der Waals surface area contributed by atoms with E-state index in [1.54, 1.807) is 16.3 Å². The molecule has 2 saturated heterocycles. The van der Waals surface area contributed by atoms with E-state index in [-0.39, 0.29) is 12.1 Å². The van der Waals surface area contributed by atoms with E-state index in [9.17, 15) is 13.2 Å². The van der Waals surface area contributed by atoms with Gasteiger partial charge in [-0.05, 0) is 45.3 Å². The summed E-state index contributed by atoms with van der Waals surface area (Å²) in [5.74, 6) is 0. The highest BCUT2D eigenvalue weighted by molar-refractivity contribution is 7.88. The maximum atomic E-state index is 12.2. The Labute approximate surface area is 151 Å². The first-order valence-corrected chi connectivity index (χ1v) is 11.0. The summed E-state index contributed by atoms with van der Waals surface area (Å²) >= 11 is 0. The molecule has 146 valence electrons. The van der Waals surface area contributed by atoms with Crippen LogP contribution >= 0.6 is 0 Å². The summed E-state index contributed by atoms with van der Waals surface area (Å²) in [5, 5.41) is 2.79. The molecule has 1 atom stereocenters. The molecule has 2 rings (SSSR count). The average Bonchev–Trinajstić information content (AvgIpc) is 3.22. The van der Waals surface area contributed by atoms with Crippen LogP contribution in [-0.2, 0) is 14.8 Å². The lowest BCUT2D eigenvalue weighted by atomic mass is 10.2. The summed E-state index contributed by atoms with van der Waals surface area (Å²) in [6, 6.07) is -0.271. The van der Waals surface area contributed by atoms with Gasteiger partial charge < -0.3 is 19.9 Å². The average molecular weight is 377 g/mol. The van der Waals surface area contributed by atoms with Crippen LogP contribution in [0.4, 0.5) is 4.79 Å². The summed E-state index contributed by atoms with van der Waals surface area (Å²) in [4.78, 5) is 16.2. The SMILES string of the molecule is COCCNC(=O)N1CCC(N(CCCN2CCCC2)S(C)(=O)=O)C1. The minimum Gasteiger partial charge on any atom is -0.383 e. The second kappa shape index (κ2) is 9.70. The number of amides is 2. The number of sulfonamides is 1. The Balaban J connectivity index is 1.82. The van der Waals surface area contributed by atoms with E-state index in [0.717, 1.165) is 26.1 Å². The Bertz CT molecular complexity index is 522. The van der Waals surface area contributed by atoms with Crippen LogP contribution in [0.5, 0.6) is 0 Å². The van der Waals surface area contributed by atoms with E-state index >= 15 is 0 Å². The van der Waals surface area contributed by atoms with E-state index in [2.05, 4.69) is 10.2 Å². The van der Waals surface area contributed by atoms with Crippen molar-refractivity contribution < 1.29 is 17.9 Å². The number of hydrogen-bond donors (Lipinski definition) is 1. The number of nitrogens with zero attached hydrogens (tertiary/aromatic N) is 3. The van der Waals surface area contributed by atoms with Crippen molar-refractivity contribution in [1.82, 2.24) is 19.4 Å². The Morgan fingerprint density at radius 1 is 1.28 bits per heavy atom. The van der Waals surface area contributed by atoms with Crippen molar-refractivity contribution in [2.24, 2.45) is 0 Å². The molecule has 0 aliphatic carbocycles. The highest BCUT2D eigenvalue weighted by Gasteiger charge is 2.34. The molecule has 1 N–H and O–H groups in total. The summed E-state index contributed by atoms with van der Waals surface area (Å²) < 4.78 is 30.9. The predicted octanol–water partition coefficient (Wildman–Crippen LogP) is 0.164. The monoisotopic (exact) mass is 376 g/mol. The van der Waals surface area contributed by atoms with Gasteiger partial charge in [-0.2, -0.15) is 4.31 Å². The quantitative estimate of drug-likeness (QED) is 0.580. The molecular weight excluding hydrogens is 344 g/mol. The van der Waals surface area contributed by atoms with E-state index < -0.39 is 10.0 Å². The molecule has 2 aliphatic heterocycles. The zero-order valence-corrected chi connectivity index (χ0v) is 16.3.